The van der Waals surface area contributed by atoms with E-state index >= 15 is 0 Å². The Balaban J connectivity index is 1.87. The minimum absolute atomic E-state index is 0.141. The van der Waals surface area contributed by atoms with E-state index in [0.29, 0.717) is 12.2 Å². The predicted molar refractivity (Wildman–Crippen MR) is 83.7 cm³/mol. The third-order valence-electron chi connectivity index (χ3n) is 3.92. The molecule has 0 saturated heterocycles. The highest BCUT2D eigenvalue weighted by Gasteiger charge is 2.35. The first-order valence-corrected chi connectivity index (χ1v) is 7.57. The van der Waals surface area contributed by atoms with Crippen LogP contribution in [0, 0.1) is 6.92 Å². The van der Waals surface area contributed by atoms with Gasteiger partial charge in [0.25, 0.3) is 5.91 Å². The molecule has 0 aliphatic heterocycles. The molecule has 1 aromatic heterocycles. The molecule has 1 fully saturated rings. The first kappa shape index (κ1) is 15.4. The predicted octanol–water partition coefficient (Wildman–Crippen LogP) is 2.81. The molecule has 122 valence electrons. The number of aromatic nitrogens is 1. The van der Waals surface area contributed by atoms with Crippen LogP contribution < -0.4 is 9.47 Å². The zero-order valence-corrected chi connectivity index (χ0v) is 13.5. The van der Waals surface area contributed by atoms with Crippen molar-refractivity contribution < 1.29 is 18.8 Å². The Kier molecular flexibility index (Phi) is 4.23. The van der Waals surface area contributed by atoms with Crippen LogP contribution in [0.4, 0.5) is 0 Å². The van der Waals surface area contributed by atoms with Gasteiger partial charge in [-0.15, -0.1) is 0 Å². The fraction of sp³-hybridized carbons (Fsp3) is 0.412. The van der Waals surface area contributed by atoms with E-state index in [1.165, 1.54) is 0 Å². The van der Waals surface area contributed by atoms with Crippen molar-refractivity contribution in [3.05, 3.63) is 41.3 Å². The van der Waals surface area contributed by atoms with Gasteiger partial charge < -0.3 is 18.9 Å². The summed E-state index contributed by atoms with van der Waals surface area (Å²) >= 11 is 0. The maximum Gasteiger partial charge on any atom is 0.293 e. The molecule has 1 aliphatic carbocycles. The molecule has 1 amide bonds. The Bertz CT molecular complexity index is 706. The summed E-state index contributed by atoms with van der Waals surface area (Å²) in [5, 5.41) is 3.80. The molecule has 3 rings (SSSR count). The van der Waals surface area contributed by atoms with Crippen molar-refractivity contribution in [2.45, 2.75) is 32.4 Å². The number of hydrogen-bond donors (Lipinski definition) is 0. The fourth-order valence-electron chi connectivity index (χ4n) is 2.55. The molecule has 1 aromatic carbocycles. The lowest BCUT2D eigenvalue weighted by Gasteiger charge is -2.22. The van der Waals surface area contributed by atoms with Crippen LogP contribution in [-0.2, 0) is 6.54 Å². The zero-order chi connectivity index (χ0) is 16.4. The summed E-state index contributed by atoms with van der Waals surface area (Å²) in [6.45, 7) is 2.25. The van der Waals surface area contributed by atoms with Gasteiger partial charge in [0.15, 0.2) is 0 Å². The Morgan fingerprint density at radius 1 is 1.30 bits per heavy atom. The third kappa shape index (κ3) is 3.31. The van der Waals surface area contributed by atoms with E-state index in [4.69, 9.17) is 14.0 Å². The smallest absolute Gasteiger partial charge is 0.293 e. The second-order valence-electron chi connectivity index (χ2n) is 5.67. The Morgan fingerprint density at radius 2 is 2.09 bits per heavy atom. The molecule has 6 heteroatoms. The van der Waals surface area contributed by atoms with Crippen molar-refractivity contribution in [2.75, 3.05) is 14.2 Å². The lowest BCUT2D eigenvalue weighted by Crippen LogP contribution is -2.32. The molecule has 0 bridgehead atoms. The van der Waals surface area contributed by atoms with Crippen molar-refractivity contribution in [3.63, 3.8) is 0 Å². The quantitative estimate of drug-likeness (QED) is 0.820. The van der Waals surface area contributed by atoms with Crippen molar-refractivity contribution in [3.8, 4) is 11.5 Å². The number of methoxy groups -OCH3 is 2. The highest BCUT2D eigenvalue weighted by Crippen LogP contribution is 2.33. The van der Waals surface area contributed by atoms with E-state index in [-0.39, 0.29) is 17.7 Å². The number of aryl methyl sites for hydroxylation is 1. The van der Waals surface area contributed by atoms with Crippen LogP contribution in [0.1, 0.15) is 34.7 Å². The highest BCUT2D eigenvalue weighted by molar-refractivity contribution is 5.92. The van der Waals surface area contributed by atoms with Crippen molar-refractivity contribution >= 4 is 5.91 Å². The summed E-state index contributed by atoms with van der Waals surface area (Å²) in [6, 6.07) is 7.49. The monoisotopic (exact) mass is 316 g/mol. The average Bonchev–Trinajstić information content (AvgIpc) is 3.32. The summed E-state index contributed by atoms with van der Waals surface area (Å²) in [4.78, 5) is 14.5. The Hall–Kier alpha value is -2.50. The third-order valence-corrected chi connectivity index (χ3v) is 3.92. The maximum atomic E-state index is 12.7. The van der Waals surface area contributed by atoms with Gasteiger partial charge in [0.1, 0.15) is 11.5 Å². The molecular weight excluding hydrogens is 296 g/mol. The SMILES string of the molecule is COc1ccc(OC)c(CN(C(=O)c2cc(C)no2)C2CC2)c1. The molecule has 1 aliphatic rings. The number of nitrogens with zero attached hydrogens (tertiary/aromatic N) is 2. The lowest BCUT2D eigenvalue weighted by atomic mass is 10.1. The normalized spacial score (nSPS) is 13.7. The van der Waals surface area contributed by atoms with Gasteiger partial charge in [0, 0.05) is 17.7 Å². The van der Waals surface area contributed by atoms with Crippen LogP contribution in [0.15, 0.2) is 28.8 Å². The van der Waals surface area contributed by atoms with Gasteiger partial charge in [-0.2, -0.15) is 0 Å². The van der Waals surface area contributed by atoms with Gasteiger partial charge in [0.2, 0.25) is 5.76 Å². The second-order valence-corrected chi connectivity index (χ2v) is 5.67. The standard InChI is InChI=1S/C17H20N2O4/c1-11-8-16(23-18-11)17(20)19(13-4-5-13)10-12-9-14(21-2)6-7-15(12)22-3/h6-9,13H,4-5,10H2,1-3H3. The van der Waals surface area contributed by atoms with E-state index in [0.717, 1.165) is 29.9 Å². The highest BCUT2D eigenvalue weighted by atomic mass is 16.5. The number of hydrogen-bond acceptors (Lipinski definition) is 5. The van der Waals surface area contributed by atoms with Crippen molar-refractivity contribution in [2.24, 2.45) is 0 Å². The first-order valence-electron chi connectivity index (χ1n) is 7.57. The van der Waals surface area contributed by atoms with Crippen LogP contribution in [0.2, 0.25) is 0 Å². The minimum atomic E-state index is -0.141. The number of amides is 1. The van der Waals surface area contributed by atoms with Crippen LogP contribution >= 0.6 is 0 Å². The van der Waals surface area contributed by atoms with Gasteiger partial charge in [-0.05, 0) is 38.0 Å². The average molecular weight is 316 g/mol. The Labute approximate surface area is 135 Å². The first-order chi connectivity index (χ1) is 11.1. The molecule has 2 aromatic rings. The molecule has 1 heterocycles. The van der Waals surface area contributed by atoms with E-state index < -0.39 is 0 Å². The van der Waals surface area contributed by atoms with E-state index in [2.05, 4.69) is 5.16 Å². The van der Waals surface area contributed by atoms with Gasteiger partial charge in [-0.25, -0.2) is 0 Å². The summed E-state index contributed by atoms with van der Waals surface area (Å²) < 4.78 is 15.8. The van der Waals surface area contributed by atoms with E-state index in [1.54, 1.807) is 27.2 Å². The molecule has 0 spiro atoms. The molecule has 0 radical (unpaired) electrons. The number of carbonyl (C=O) groups is 1. The van der Waals surface area contributed by atoms with E-state index in [1.807, 2.05) is 23.1 Å². The summed E-state index contributed by atoms with van der Waals surface area (Å²) in [5.41, 5.74) is 1.60. The molecule has 0 atom stereocenters. The maximum absolute atomic E-state index is 12.7. The molecule has 6 nitrogen and oxygen atoms in total. The Morgan fingerprint density at radius 3 is 2.65 bits per heavy atom. The zero-order valence-electron chi connectivity index (χ0n) is 13.5. The molecular formula is C17H20N2O4. The summed E-state index contributed by atoms with van der Waals surface area (Å²) in [6.07, 6.45) is 2.01. The van der Waals surface area contributed by atoms with Crippen LogP contribution in [0.5, 0.6) is 11.5 Å². The number of rotatable bonds is 6. The lowest BCUT2D eigenvalue weighted by molar-refractivity contribution is 0.0686. The second kappa shape index (κ2) is 6.32. The van der Waals surface area contributed by atoms with Gasteiger partial charge in [-0.3, -0.25) is 4.79 Å². The van der Waals surface area contributed by atoms with Crippen LogP contribution in [-0.4, -0.2) is 36.2 Å². The molecule has 23 heavy (non-hydrogen) atoms. The van der Waals surface area contributed by atoms with Crippen molar-refractivity contribution in [1.29, 1.82) is 0 Å². The minimum Gasteiger partial charge on any atom is -0.497 e. The van der Waals surface area contributed by atoms with Crippen LogP contribution in [0.3, 0.4) is 0 Å². The molecule has 0 N–H and O–H groups in total. The fourth-order valence-corrected chi connectivity index (χ4v) is 2.55. The van der Waals surface area contributed by atoms with Gasteiger partial charge in [0.05, 0.1) is 26.5 Å². The largest absolute Gasteiger partial charge is 0.497 e. The molecule has 0 unspecified atom stereocenters. The van der Waals surface area contributed by atoms with Crippen molar-refractivity contribution in [1.82, 2.24) is 10.1 Å². The van der Waals surface area contributed by atoms with Gasteiger partial charge >= 0.3 is 0 Å². The topological polar surface area (TPSA) is 64.8 Å². The number of carbonyl (C=O) groups excluding carboxylic acids is 1. The summed E-state index contributed by atoms with van der Waals surface area (Å²) in [5.74, 6) is 1.60. The number of ether oxygens (including phenoxy) is 2. The van der Waals surface area contributed by atoms with Gasteiger partial charge in [-0.1, -0.05) is 5.16 Å². The van der Waals surface area contributed by atoms with E-state index in [9.17, 15) is 4.79 Å². The summed E-state index contributed by atoms with van der Waals surface area (Å²) in [7, 11) is 3.24. The number of benzene rings is 1. The molecule has 1 saturated carbocycles. The van der Waals surface area contributed by atoms with Crippen LogP contribution in [0.25, 0.3) is 0 Å².